The van der Waals surface area contributed by atoms with Gasteiger partial charge in [0.05, 0.1) is 17.4 Å². The Morgan fingerprint density at radius 1 is 0.912 bits per heavy atom. The number of hydrogen-bond donors (Lipinski definition) is 0. The van der Waals surface area contributed by atoms with Gasteiger partial charge in [-0.3, -0.25) is 14.2 Å². The fourth-order valence-electron chi connectivity index (χ4n) is 3.55. The Morgan fingerprint density at radius 3 is 2.41 bits per heavy atom. The topological polar surface area (TPSA) is 79.7 Å². The lowest BCUT2D eigenvalue weighted by molar-refractivity contribution is -0.134. The van der Waals surface area contributed by atoms with Gasteiger partial charge in [-0.05, 0) is 36.4 Å². The Hall–Kier alpha value is -4.13. The molecule has 4 aromatic rings. The number of esters is 1. The predicted octanol–water partition coefficient (Wildman–Crippen LogP) is 5.15. The van der Waals surface area contributed by atoms with Gasteiger partial charge in [0, 0.05) is 12.8 Å². The van der Waals surface area contributed by atoms with Gasteiger partial charge in [0.1, 0.15) is 18.2 Å². The number of rotatable bonds is 9. The van der Waals surface area contributed by atoms with E-state index in [1.807, 2.05) is 55.5 Å². The van der Waals surface area contributed by atoms with Gasteiger partial charge in [0.15, 0.2) is 11.5 Å². The lowest BCUT2D eigenvalue weighted by Gasteiger charge is -2.17. The number of aromatic nitrogens is 2. The van der Waals surface area contributed by atoms with Crippen LogP contribution in [-0.2, 0) is 17.8 Å². The van der Waals surface area contributed by atoms with Crippen LogP contribution in [0.4, 0.5) is 0 Å². The lowest BCUT2D eigenvalue weighted by Crippen LogP contribution is -2.27. The largest absolute Gasteiger partial charge is 0.488 e. The first kappa shape index (κ1) is 23.0. The highest BCUT2D eigenvalue weighted by molar-refractivity contribution is 5.77. The molecule has 0 saturated carbocycles. The maximum Gasteiger partial charge on any atom is 0.311 e. The van der Waals surface area contributed by atoms with Crippen molar-refractivity contribution >= 4 is 16.9 Å². The van der Waals surface area contributed by atoms with E-state index in [2.05, 4.69) is 4.98 Å². The second-order valence-corrected chi connectivity index (χ2v) is 7.53. The third-order valence-corrected chi connectivity index (χ3v) is 5.25. The summed E-state index contributed by atoms with van der Waals surface area (Å²) in [6.45, 7) is 4.15. The molecule has 0 saturated heterocycles. The number of hydrogen-bond acceptors (Lipinski definition) is 6. The average Bonchev–Trinajstić information content (AvgIpc) is 2.87. The highest BCUT2D eigenvalue weighted by Gasteiger charge is 2.17. The molecule has 174 valence electrons. The minimum absolute atomic E-state index is 0.107. The van der Waals surface area contributed by atoms with E-state index in [0.717, 1.165) is 0 Å². The van der Waals surface area contributed by atoms with Crippen molar-refractivity contribution in [1.29, 1.82) is 0 Å². The number of nitrogens with zero attached hydrogens (tertiary/aromatic N) is 2. The molecule has 0 aliphatic heterocycles. The quantitative estimate of drug-likeness (QED) is 0.255. The summed E-state index contributed by atoms with van der Waals surface area (Å²) in [6, 6.07) is 21.7. The van der Waals surface area contributed by atoms with Crippen molar-refractivity contribution in [3.63, 3.8) is 0 Å². The fraction of sp³-hybridized carbons (Fsp3) is 0.222. The lowest BCUT2D eigenvalue weighted by atomic mass is 10.2. The Kier molecular flexibility index (Phi) is 7.22. The molecule has 1 heterocycles. The molecule has 0 amide bonds. The molecule has 4 rings (SSSR count). The van der Waals surface area contributed by atoms with Gasteiger partial charge in [-0.2, -0.15) is 0 Å². The maximum absolute atomic E-state index is 13.0. The first-order valence-electron chi connectivity index (χ1n) is 11.3. The summed E-state index contributed by atoms with van der Waals surface area (Å²) in [7, 11) is 0. The van der Waals surface area contributed by atoms with Gasteiger partial charge in [0.2, 0.25) is 5.75 Å². The van der Waals surface area contributed by atoms with E-state index in [9.17, 15) is 9.59 Å². The van der Waals surface area contributed by atoms with Crippen LogP contribution in [0.25, 0.3) is 10.9 Å². The standard InChI is InChI=1S/C27H26N2O5/c1-3-24-28-21-14-9-8-13-20(21)27(31)29(24)17-18-32-22-15-10-16-23(26(22)34-25(30)4-2)33-19-11-6-5-7-12-19/h5-16H,3-4,17-18H2,1-2H3. The van der Waals surface area contributed by atoms with Crippen LogP contribution in [0.3, 0.4) is 0 Å². The molecule has 0 aliphatic carbocycles. The summed E-state index contributed by atoms with van der Waals surface area (Å²) < 4.78 is 19.1. The van der Waals surface area contributed by atoms with Crippen molar-refractivity contribution in [3.05, 3.63) is 89.0 Å². The zero-order valence-electron chi connectivity index (χ0n) is 19.2. The number of carbonyl (C=O) groups excluding carboxylic acids is 1. The normalized spacial score (nSPS) is 10.8. The summed E-state index contributed by atoms with van der Waals surface area (Å²) in [5.41, 5.74) is 0.575. The van der Waals surface area contributed by atoms with Crippen LogP contribution < -0.4 is 19.8 Å². The van der Waals surface area contributed by atoms with Crippen molar-refractivity contribution < 1.29 is 19.0 Å². The van der Waals surface area contributed by atoms with Crippen LogP contribution in [0.1, 0.15) is 26.1 Å². The van der Waals surface area contributed by atoms with Crippen molar-refractivity contribution in [2.24, 2.45) is 0 Å². The Labute approximate surface area is 197 Å². The molecule has 0 unspecified atom stereocenters. The molecule has 0 spiro atoms. The molecular formula is C27H26N2O5. The first-order valence-corrected chi connectivity index (χ1v) is 11.3. The van der Waals surface area contributed by atoms with Gasteiger partial charge < -0.3 is 14.2 Å². The van der Waals surface area contributed by atoms with Gasteiger partial charge in [0.25, 0.3) is 5.56 Å². The summed E-state index contributed by atoms with van der Waals surface area (Å²) in [6.07, 6.45) is 0.816. The van der Waals surface area contributed by atoms with E-state index in [1.54, 1.807) is 35.8 Å². The van der Waals surface area contributed by atoms with Crippen molar-refractivity contribution in [1.82, 2.24) is 9.55 Å². The molecule has 0 fully saturated rings. The Balaban J connectivity index is 1.59. The van der Waals surface area contributed by atoms with Crippen LogP contribution in [0, 0.1) is 0 Å². The van der Waals surface area contributed by atoms with Crippen molar-refractivity contribution in [2.45, 2.75) is 33.2 Å². The summed E-state index contributed by atoms with van der Waals surface area (Å²) in [5.74, 6) is 1.82. The molecule has 0 aliphatic rings. The zero-order chi connectivity index (χ0) is 23.9. The van der Waals surface area contributed by atoms with E-state index in [0.29, 0.717) is 46.9 Å². The highest BCUT2D eigenvalue weighted by Crippen LogP contribution is 2.40. The van der Waals surface area contributed by atoms with Gasteiger partial charge in [-0.25, -0.2) is 4.98 Å². The molecule has 0 N–H and O–H groups in total. The Morgan fingerprint density at radius 2 is 1.65 bits per heavy atom. The second kappa shape index (κ2) is 10.7. The molecule has 0 radical (unpaired) electrons. The van der Waals surface area contributed by atoms with Crippen molar-refractivity contribution in [2.75, 3.05) is 6.61 Å². The second-order valence-electron chi connectivity index (χ2n) is 7.53. The van der Waals surface area contributed by atoms with Crippen LogP contribution in [0.15, 0.2) is 77.6 Å². The van der Waals surface area contributed by atoms with Crippen LogP contribution in [0.5, 0.6) is 23.0 Å². The molecular weight excluding hydrogens is 432 g/mol. The zero-order valence-corrected chi connectivity index (χ0v) is 19.2. The molecule has 34 heavy (non-hydrogen) atoms. The number of aryl methyl sites for hydroxylation is 1. The number of benzene rings is 3. The highest BCUT2D eigenvalue weighted by atomic mass is 16.6. The first-order chi connectivity index (χ1) is 16.6. The maximum atomic E-state index is 13.0. The average molecular weight is 459 g/mol. The van der Waals surface area contributed by atoms with Gasteiger partial charge in [-0.15, -0.1) is 0 Å². The van der Waals surface area contributed by atoms with Crippen LogP contribution in [-0.4, -0.2) is 22.1 Å². The number of carbonyl (C=O) groups is 1. The number of fused-ring (bicyclic) bond motifs is 1. The fourth-order valence-corrected chi connectivity index (χ4v) is 3.55. The van der Waals surface area contributed by atoms with Gasteiger partial charge in [-0.1, -0.05) is 50.2 Å². The van der Waals surface area contributed by atoms with E-state index >= 15 is 0 Å². The Bertz CT molecular complexity index is 1350. The molecule has 7 nitrogen and oxygen atoms in total. The number of ether oxygens (including phenoxy) is 3. The van der Waals surface area contributed by atoms with Gasteiger partial charge >= 0.3 is 5.97 Å². The molecule has 1 aromatic heterocycles. The predicted molar refractivity (Wildman–Crippen MR) is 130 cm³/mol. The summed E-state index contributed by atoms with van der Waals surface area (Å²) in [5, 5.41) is 0.565. The van der Waals surface area contributed by atoms with E-state index in [1.165, 1.54) is 0 Å². The van der Waals surface area contributed by atoms with E-state index < -0.39 is 5.97 Å². The smallest absolute Gasteiger partial charge is 0.311 e. The monoisotopic (exact) mass is 458 g/mol. The minimum Gasteiger partial charge on any atom is -0.488 e. The minimum atomic E-state index is -0.405. The molecule has 0 bridgehead atoms. The third kappa shape index (κ3) is 5.09. The van der Waals surface area contributed by atoms with E-state index in [-0.39, 0.29) is 24.3 Å². The third-order valence-electron chi connectivity index (χ3n) is 5.25. The molecule has 0 atom stereocenters. The molecule has 3 aromatic carbocycles. The summed E-state index contributed by atoms with van der Waals surface area (Å²) in [4.78, 5) is 29.8. The SMILES string of the molecule is CCC(=O)Oc1c(OCCn2c(CC)nc3ccccc3c2=O)cccc1Oc1ccccc1. The number of para-hydroxylation sites is 3. The van der Waals surface area contributed by atoms with Crippen molar-refractivity contribution in [3.8, 4) is 23.0 Å². The molecule has 7 heteroatoms. The van der Waals surface area contributed by atoms with Crippen LogP contribution in [0.2, 0.25) is 0 Å². The van der Waals surface area contributed by atoms with E-state index in [4.69, 9.17) is 14.2 Å². The summed E-state index contributed by atoms with van der Waals surface area (Å²) >= 11 is 0. The van der Waals surface area contributed by atoms with Crippen LogP contribution >= 0.6 is 0 Å².